The quantitative estimate of drug-likeness (QED) is 0.751. The van der Waals surface area contributed by atoms with Crippen molar-refractivity contribution in [3.05, 3.63) is 71.8 Å². The Kier molecular flexibility index (Phi) is 6.05. The van der Waals surface area contributed by atoms with Gasteiger partial charge >= 0.3 is 0 Å². The van der Waals surface area contributed by atoms with Crippen molar-refractivity contribution < 1.29 is 9.94 Å². The molecule has 3 heteroatoms. The molecule has 0 bridgehead atoms. The van der Waals surface area contributed by atoms with Gasteiger partial charge in [-0.25, -0.2) is 0 Å². The highest BCUT2D eigenvalue weighted by molar-refractivity contribution is 5.21. The summed E-state index contributed by atoms with van der Waals surface area (Å²) in [6, 6.07) is 20.1. The number of aliphatic hydroxyl groups is 1. The van der Waals surface area contributed by atoms with Crippen LogP contribution in [0.4, 0.5) is 0 Å². The molecule has 0 aromatic heterocycles. The lowest BCUT2D eigenvalue weighted by atomic mass is 9.82. The van der Waals surface area contributed by atoms with Gasteiger partial charge in [0.15, 0.2) is 0 Å². The lowest BCUT2D eigenvalue weighted by Gasteiger charge is -2.52. The third kappa shape index (κ3) is 4.78. The molecule has 1 saturated heterocycles. The van der Waals surface area contributed by atoms with Gasteiger partial charge < -0.3 is 5.11 Å². The molecule has 3 rings (SSSR count). The lowest BCUT2D eigenvalue weighted by Crippen LogP contribution is -2.59. The van der Waals surface area contributed by atoms with Crippen LogP contribution < -0.4 is 0 Å². The van der Waals surface area contributed by atoms with Crippen LogP contribution in [-0.4, -0.2) is 27.4 Å². The fourth-order valence-electron chi connectivity index (χ4n) is 4.31. The van der Waals surface area contributed by atoms with Crippen LogP contribution in [0.15, 0.2) is 60.7 Å². The average molecular weight is 368 g/mol. The van der Waals surface area contributed by atoms with E-state index in [0.717, 1.165) is 18.4 Å². The van der Waals surface area contributed by atoms with E-state index in [2.05, 4.69) is 44.9 Å². The van der Waals surface area contributed by atoms with E-state index < -0.39 is 6.10 Å². The molecule has 0 unspecified atom stereocenters. The fraction of sp³-hybridized carbons (Fsp3) is 0.500. The van der Waals surface area contributed by atoms with Crippen molar-refractivity contribution in [3.63, 3.8) is 0 Å². The molecule has 27 heavy (non-hydrogen) atoms. The summed E-state index contributed by atoms with van der Waals surface area (Å²) in [4.78, 5) is 6.63. The van der Waals surface area contributed by atoms with E-state index in [1.807, 2.05) is 48.5 Å². The molecule has 0 saturated carbocycles. The maximum absolute atomic E-state index is 11.2. The first kappa shape index (κ1) is 20.1. The van der Waals surface area contributed by atoms with Gasteiger partial charge in [0.1, 0.15) is 12.2 Å². The topological polar surface area (TPSA) is 32.7 Å². The third-order valence-electron chi connectivity index (χ3n) is 5.69. The van der Waals surface area contributed by atoms with E-state index in [-0.39, 0.29) is 17.2 Å². The van der Waals surface area contributed by atoms with Gasteiger partial charge in [0, 0.05) is 17.5 Å². The Balaban J connectivity index is 1.89. The molecular formula is C24H33NO2. The van der Waals surface area contributed by atoms with Crippen molar-refractivity contribution in [2.45, 2.75) is 76.7 Å². The van der Waals surface area contributed by atoms with Crippen LogP contribution >= 0.6 is 0 Å². The zero-order valence-electron chi connectivity index (χ0n) is 17.1. The van der Waals surface area contributed by atoms with E-state index in [0.29, 0.717) is 6.42 Å². The molecule has 1 aliphatic rings. The van der Waals surface area contributed by atoms with Gasteiger partial charge in [-0.05, 0) is 58.1 Å². The van der Waals surface area contributed by atoms with Gasteiger partial charge in [-0.1, -0.05) is 60.7 Å². The summed E-state index contributed by atoms with van der Waals surface area (Å²) in [7, 11) is 0. The van der Waals surface area contributed by atoms with E-state index in [1.165, 1.54) is 12.0 Å². The van der Waals surface area contributed by atoms with Crippen molar-refractivity contribution in [2.24, 2.45) is 0 Å². The van der Waals surface area contributed by atoms with Crippen LogP contribution in [-0.2, 0) is 11.3 Å². The highest BCUT2D eigenvalue weighted by Crippen LogP contribution is 2.40. The van der Waals surface area contributed by atoms with Crippen molar-refractivity contribution in [1.82, 2.24) is 5.06 Å². The molecule has 2 aromatic carbocycles. The predicted octanol–water partition coefficient (Wildman–Crippen LogP) is 5.31. The molecule has 0 radical (unpaired) electrons. The van der Waals surface area contributed by atoms with Gasteiger partial charge in [0.2, 0.25) is 0 Å². The minimum atomic E-state index is -0.681. The number of rotatable bonds is 6. The molecule has 3 nitrogen and oxygen atoms in total. The molecule has 1 N–H and O–H groups in total. The van der Waals surface area contributed by atoms with Gasteiger partial charge in [-0.3, -0.25) is 4.84 Å². The summed E-state index contributed by atoms with van der Waals surface area (Å²) >= 11 is 0. The Labute approximate surface area is 163 Å². The Morgan fingerprint density at radius 1 is 0.889 bits per heavy atom. The summed E-state index contributed by atoms with van der Waals surface area (Å²) in [5.74, 6) is 0. The standard InChI is InChI=1S/C24H33NO2/c1-23(2)16-11-17-24(3,4)25(23)27-21(18-19-12-7-5-8-13-19)22(26)20-14-9-6-10-15-20/h5-10,12-15,21-22,26H,11,16-18H2,1-4H3/t21-,22+/m1/s1. The number of benzene rings is 2. The van der Waals surface area contributed by atoms with E-state index in [4.69, 9.17) is 4.84 Å². The molecule has 0 spiro atoms. The van der Waals surface area contributed by atoms with Crippen molar-refractivity contribution in [1.29, 1.82) is 0 Å². The normalized spacial score (nSPS) is 21.5. The minimum Gasteiger partial charge on any atom is -0.386 e. The molecule has 1 aliphatic heterocycles. The molecule has 2 atom stereocenters. The largest absolute Gasteiger partial charge is 0.386 e. The average Bonchev–Trinajstić information content (AvgIpc) is 2.64. The Morgan fingerprint density at radius 2 is 1.41 bits per heavy atom. The molecule has 0 aliphatic carbocycles. The highest BCUT2D eigenvalue weighted by atomic mass is 16.7. The van der Waals surface area contributed by atoms with Crippen LogP contribution in [0, 0.1) is 0 Å². The summed E-state index contributed by atoms with van der Waals surface area (Å²) in [5.41, 5.74) is 1.94. The van der Waals surface area contributed by atoms with E-state index in [1.54, 1.807) is 0 Å². The zero-order chi connectivity index (χ0) is 19.5. The summed E-state index contributed by atoms with van der Waals surface area (Å²) in [6.45, 7) is 8.95. The van der Waals surface area contributed by atoms with E-state index in [9.17, 15) is 5.11 Å². The van der Waals surface area contributed by atoms with E-state index >= 15 is 0 Å². The molecule has 1 heterocycles. The van der Waals surface area contributed by atoms with Crippen molar-refractivity contribution in [3.8, 4) is 0 Å². The Hall–Kier alpha value is -1.68. The predicted molar refractivity (Wildman–Crippen MR) is 110 cm³/mol. The number of hydrogen-bond donors (Lipinski definition) is 1. The molecule has 146 valence electrons. The number of hydrogen-bond acceptors (Lipinski definition) is 3. The van der Waals surface area contributed by atoms with Crippen molar-refractivity contribution in [2.75, 3.05) is 0 Å². The zero-order valence-corrected chi connectivity index (χ0v) is 17.1. The van der Waals surface area contributed by atoms with Crippen LogP contribution in [0.3, 0.4) is 0 Å². The van der Waals surface area contributed by atoms with Crippen molar-refractivity contribution >= 4 is 0 Å². The summed E-state index contributed by atoms with van der Waals surface area (Å²) in [6.07, 6.45) is 3.03. The number of hydroxylamine groups is 2. The van der Waals surface area contributed by atoms with Crippen LogP contribution in [0.2, 0.25) is 0 Å². The van der Waals surface area contributed by atoms with Crippen LogP contribution in [0.25, 0.3) is 0 Å². The first-order valence-corrected chi connectivity index (χ1v) is 10.0. The maximum Gasteiger partial charge on any atom is 0.113 e. The van der Waals surface area contributed by atoms with Gasteiger partial charge in [-0.15, -0.1) is 0 Å². The Morgan fingerprint density at radius 3 is 1.96 bits per heavy atom. The number of aliphatic hydroxyl groups excluding tert-OH is 1. The first-order valence-electron chi connectivity index (χ1n) is 10.0. The number of piperidine rings is 1. The summed E-state index contributed by atoms with van der Waals surface area (Å²) < 4.78 is 0. The fourth-order valence-corrected chi connectivity index (χ4v) is 4.31. The number of nitrogens with zero attached hydrogens (tertiary/aromatic N) is 1. The second kappa shape index (κ2) is 8.14. The second-order valence-corrected chi connectivity index (χ2v) is 8.96. The second-order valence-electron chi connectivity index (χ2n) is 8.96. The highest BCUT2D eigenvalue weighted by Gasteiger charge is 2.44. The lowest BCUT2D eigenvalue weighted by molar-refractivity contribution is -0.317. The van der Waals surface area contributed by atoms with Gasteiger partial charge in [0.05, 0.1) is 0 Å². The molecule has 0 amide bonds. The van der Waals surface area contributed by atoms with Gasteiger partial charge in [0.25, 0.3) is 0 Å². The molecule has 2 aromatic rings. The molecular weight excluding hydrogens is 334 g/mol. The third-order valence-corrected chi connectivity index (χ3v) is 5.69. The van der Waals surface area contributed by atoms with Crippen LogP contribution in [0.5, 0.6) is 0 Å². The summed E-state index contributed by atoms with van der Waals surface area (Å²) in [5, 5.41) is 13.3. The monoisotopic (exact) mass is 367 g/mol. The maximum atomic E-state index is 11.2. The smallest absolute Gasteiger partial charge is 0.113 e. The first-order chi connectivity index (χ1) is 12.8. The van der Waals surface area contributed by atoms with Gasteiger partial charge in [-0.2, -0.15) is 5.06 Å². The SMILES string of the molecule is CC1(C)CCCC(C)(C)N1O[C@H](Cc1ccccc1)[C@@H](O)c1ccccc1. The molecule has 1 fully saturated rings. The van der Waals surface area contributed by atoms with Crippen LogP contribution in [0.1, 0.15) is 64.2 Å². The Bertz CT molecular complexity index is 696. The minimum absolute atomic E-state index is 0.0624.